The maximum absolute atomic E-state index is 6.30. The second-order valence-electron chi connectivity index (χ2n) is 10.8. The monoisotopic (exact) mass is 756 g/mol. The van der Waals surface area contributed by atoms with E-state index in [-0.39, 0.29) is 27.2 Å². The summed E-state index contributed by atoms with van der Waals surface area (Å²) in [5, 5.41) is 0. The molecular formula is C36H38Br2O8. The van der Waals surface area contributed by atoms with Crippen LogP contribution in [0.3, 0.4) is 0 Å². The van der Waals surface area contributed by atoms with Crippen LogP contribution >= 0.6 is 31.9 Å². The first kappa shape index (κ1) is 34.2. The van der Waals surface area contributed by atoms with Crippen LogP contribution in [-0.4, -0.2) is 55.6 Å². The lowest BCUT2D eigenvalue weighted by Crippen LogP contribution is -2.11. The first-order chi connectivity index (χ1) is 22.4. The normalized spacial score (nSPS) is 12.5. The minimum atomic E-state index is 0.107. The average Bonchev–Trinajstić information content (AvgIpc) is 3.03. The molecule has 244 valence electrons. The standard InChI is InChI=1S/C36H38Br2O8/c1-39-19-43-33-23-7-5-8-24(33)12-28-16-32(38)18-30(36(28)46-22-42-4)14-26-10-6-9-25(34(26)44-20-40-2)13-29-17-31(37)15-27(11-23)35(29)45-21-41-3/h5-10,15-18H,11-14,19-22H2,1-4H3. The molecule has 0 saturated heterocycles. The fourth-order valence-corrected chi connectivity index (χ4v) is 6.92. The van der Waals surface area contributed by atoms with Gasteiger partial charge in [-0.2, -0.15) is 0 Å². The van der Waals surface area contributed by atoms with Crippen LogP contribution in [0.1, 0.15) is 44.5 Å². The van der Waals surface area contributed by atoms with E-state index in [1.807, 2.05) is 0 Å². The Hall–Kier alpha value is -3.12. The molecule has 10 heteroatoms. The first-order valence-electron chi connectivity index (χ1n) is 14.8. The van der Waals surface area contributed by atoms with Crippen molar-refractivity contribution in [1.82, 2.24) is 0 Å². The van der Waals surface area contributed by atoms with E-state index in [4.69, 9.17) is 37.9 Å². The van der Waals surface area contributed by atoms with E-state index in [0.717, 1.165) is 76.5 Å². The summed E-state index contributed by atoms with van der Waals surface area (Å²) in [6.45, 7) is 0.429. The molecule has 0 aromatic heterocycles. The molecule has 0 amide bonds. The zero-order chi connectivity index (χ0) is 32.5. The summed E-state index contributed by atoms with van der Waals surface area (Å²) in [6, 6.07) is 20.8. The molecule has 5 rings (SSSR count). The van der Waals surface area contributed by atoms with Gasteiger partial charge in [0.15, 0.2) is 27.2 Å². The molecule has 8 bridgehead atoms. The lowest BCUT2D eigenvalue weighted by molar-refractivity contribution is 0.0485. The molecular weight excluding hydrogens is 720 g/mol. The second kappa shape index (κ2) is 16.6. The average molecular weight is 758 g/mol. The molecule has 0 heterocycles. The van der Waals surface area contributed by atoms with Gasteiger partial charge in [-0.15, -0.1) is 0 Å². The van der Waals surface area contributed by atoms with E-state index in [1.54, 1.807) is 28.4 Å². The Bertz CT molecular complexity index is 1430. The SMILES string of the molecule is COCOc1c2cccc1Cc1cc(Br)cc(c1OCOC)Cc1cccc(c1OCOC)Cc1cc(Br)cc(c1OCOC)C2. The third-order valence-corrected chi connectivity index (χ3v) is 8.50. The number of para-hydroxylation sites is 2. The van der Waals surface area contributed by atoms with Crippen molar-refractivity contribution < 1.29 is 37.9 Å². The number of hydrogen-bond donors (Lipinski definition) is 0. The van der Waals surface area contributed by atoms with Crippen LogP contribution in [0.4, 0.5) is 0 Å². The largest absolute Gasteiger partial charge is 0.467 e. The highest BCUT2D eigenvalue weighted by Gasteiger charge is 2.23. The van der Waals surface area contributed by atoms with Crippen molar-refractivity contribution in [1.29, 1.82) is 0 Å². The van der Waals surface area contributed by atoms with Crippen molar-refractivity contribution in [2.45, 2.75) is 25.7 Å². The maximum Gasteiger partial charge on any atom is 0.188 e. The zero-order valence-corrected chi connectivity index (χ0v) is 29.6. The number of fused-ring (bicyclic) bond motifs is 8. The van der Waals surface area contributed by atoms with Crippen molar-refractivity contribution in [2.75, 3.05) is 55.6 Å². The Balaban J connectivity index is 1.79. The fourth-order valence-electron chi connectivity index (χ4n) is 5.82. The van der Waals surface area contributed by atoms with Gasteiger partial charge in [0.05, 0.1) is 0 Å². The molecule has 1 aliphatic rings. The Morgan fingerprint density at radius 1 is 0.413 bits per heavy atom. The molecule has 4 aromatic rings. The molecule has 0 saturated carbocycles. The third-order valence-electron chi connectivity index (χ3n) is 7.58. The van der Waals surface area contributed by atoms with Gasteiger partial charge in [-0.05, 0) is 46.5 Å². The number of hydrogen-bond acceptors (Lipinski definition) is 8. The van der Waals surface area contributed by atoms with E-state index >= 15 is 0 Å². The minimum Gasteiger partial charge on any atom is -0.467 e. The highest BCUT2D eigenvalue weighted by Crippen LogP contribution is 2.40. The summed E-state index contributed by atoms with van der Waals surface area (Å²) in [7, 11) is 6.48. The topological polar surface area (TPSA) is 73.8 Å². The Morgan fingerprint density at radius 2 is 0.652 bits per heavy atom. The predicted molar refractivity (Wildman–Crippen MR) is 182 cm³/mol. The Morgan fingerprint density at radius 3 is 0.891 bits per heavy atom. The van der Waals surface area contributed by atoms with Crippen LogP contribution < -0.4 is 18.9 Å². The van der Waals surface area contributed by atoms with Crippen molar-refractivity contribution in [3.8, 4) is 23.0 Å². The summed E-state index contributed by atoms with van der Waals surface area (Å²) in [5.41, 5.74) is 7.91. The lowest BCUT2D eigenvalue weighted by Gasteiger charge is -2.23. The van der Waals surface area contributed by atoms with Crippen molar-refractivity contribution >= 4 is 31.9 Å². The van der Waals surface area contributed by atoms with Gasteiger partial charge in [0.2, 0.25) is 0 Å². The van der Waals surface area contributed by atoms with Gasteiger partial charge in [0, 0.05) is 85.3 Å². The van der Waals surface area contributed by atoms with Crippen LogP contribution in [-0.2, 0) is 44.6 Å². The Kier molecular flexibility index (Phi) is 12.4. The van der Waals surface area contributed by atoms with Gasteiger partial charge in [0.25, 0.3) is 0 Å². The number of ether oxygens (including phenoxy) is 8. The molecule has 0 radical (unpaired) electrons. The number of halogens is 2. The minimum absolute atomic E-state index is 0.107. The van der Waals surface area contributed by atoms with Gasteiger partial charge in [-0.25, -0.2) is 0 Å². The maximum atomic E-state index is 6.30. The molecule has 0 unspecified atom stereocenters. The van der Waals surface area contributed by atoms with Crippen LogP contribution in [0.25, 0.3) is 0 Å². The quantitative estimate of drug-likeness (QED) is 0.119. The fraction of sp³-hybridized carbons (Fsp3) is 0.333. The van der Waals surface area contributed by atoms with E-state index in [2.05, 4.69) is 92.5 Å². The molecule has 0 aliphatic heterocycles. The molecule has 1 aliphatic carbocycles. The van der Waals surface area contributed by atoms with Crippen LogP contribution in [0, 0.1) is 0 Å². The highest BCUT2D eigenvalue weighted by molar-refractivity contribution is 9.10. The molecule has 0 N–H and O–H groups in total. The summed E-state index contributed by atoms with van der Waals surface area (Å²) in [6.07, 6.45) is 2.18. The van der Waals surface area contributed by atoms with E-state index < -0.39 is 0 Å². The van der Waals surface area contributed by atoms with Gasteiger partial charge in [-0.1, -0.05) is 68.3 Å². The van der Waals surface area contributed by atoms with Crippen LogP contribution in [0.5, 0.6) is 23.0 Å². The lowest BCUT2D eigenvalue weighted by atomic mass is 9.91. The zero-order valence-electron chi connectivity index (χ0n) is 26.5. The highest BCUT2D eigenvalue weighted by atomic mass is 79.9. The summed E-state index contributed by atoms with van der Waals surface area (Å²) >= 11 is 7.53. The third kappa shape index (κ3) is 8.23. The number of rotatable bonds is 12. The molecule has 8 nitrogen and oxygen atoms in total. The van der Waals surface area contributed by atoms with Crippen LogP contribution in [0.15, 0.2) is 69.6 Å². The van der Waals surface area contributed by atoms with Crippen molar-refractivity contribution in [2.24, 2.45) is 0 Å². The predicted octanol–water partition coefficient (Wildman–Crippen LogP) is 7.82. The molecule has 4 aromatic carbocycles. The first-order valence-corrected chi connectivity index (χ1v) is 16.3. The van der Waals surface area contributed by atoms with Crippen LogP contribution in [0.2, 0.25) is 0 Å². The summed E-state index contributed by atoms with van der Waals surface area (Å²) < 4.78 is 48.5. The van der Waals surface area contributed by atoms with Crippen molar-refractivity contribution in [3.05, 3.63) is 114 Å². The van der Waals surface area contributed by atoms with Crippen molar-refractivity contribution in [3.63, 3.8) is 0 Å². The number of methoxy groups -OCH3 is 4. The molecule has 0 spiro atoms. The smallest absolute Gasteiger partial charge is 0.188 e. The summed E-state index contributed by atoms with van der Waals surface area (Å²) in [4.78, 5) is 0. The van der Waals surface area contributed by atoms with Gasteiger partial charge >= 0.3 is 0 Å². The van der Waals surface area contributed by atoms with E-state index in [1.165, 1.54) is 0 Å². The van der Waals surface area contributed by atoms with Gasteiger partial charge < -0.3 is 37.9 Å². The molecule has 46 heavy (non-hydrogen) atoms. The Labute approximate surface area is 287 Å². The molecule has 0 fully saturated rings. The van der Waals surface area contributed by atoms with Gasteiger partial charge in [-0.3, -0.25) is 0 Å². The summed E-state index contributed by atoms with van der Waals surface area (Å²) in [5.74, 6) is 3.03. The van der Waals surface area contributed by atoms with E-state index in [0.29, 0.717) is 25.7 Å². The second-order valence-corrected chi connectivity index (χ2v) is 12.7. The molecule has 0 atom stereocenters. The van der Waals surface area contributed by atoms with E-state index in [9.17, 15) is 0 Å². The van der Waals surface area contributed by atoms with Gasteiger partial charge in [0.1, 0.15) is 23.0 Å². The number of benzene rings is 4.